The van der Waals surface area contributed by atoms with Crippen LogP contribution in [0.25, 0.3) is 0 Å². The zero-order valence-corrected chi connectivity index (χ0v) is 11.1. The molecule has 0 aromatic carbocycles. The minimum Gasteiger partial charge on any atom is -0.479 e. The third-order valence-corrected chi connectivity index (χ3v) is 3.73. The summed E-state index contributed by atoms with van der Waals surface area (Å²) in [5.74, 6) is -1.37. The van der Waals surface area contributed by atoms with Crippen LogP contribution in [0.3, 0.4) is 0 Å². The van der Waals surface area contributed by atoms with Crippen molar-refractivity contribution in [2.45, 2.75) is 18.6 Å². The normalized spacial score (nSPS) is 20.7. The second-order valence-corrected chi connectivity index (χ2v) is 5.23. The van der Waals surface area contributed by atoms with Gasteiger partial charge < -0.3 is 20.5 Å². The van der Waals surface area contributed by atoms with Crippen molar-refractivity contribution in [2.75, 3.05) is 19.7 Å². The van der Waals surface area contributed by atoms with E-state index in [1.54, 1.807) is 17.5 Å². The van der Waals surface area contributed by atoms with Gasteiger partial charge in [-0.25, -0.2) is 4.79 Å². The monoisotopic (exact) mass is 284 g/mol. The van der Waals surface area contributed by atoms with Crippen molar-refractivity contribution in [3.8, 4) is 0 Å². The highest BCUT2D eigenvalue weighted by atomic mass is 32.1. The van der Waals surface area contributed by atoms with Gasteiger partial charge >= 0.3 is 5.97 Å². The fraction of sp³-hybridized carbons (Fsp3) is 0.500. The average Bonchev–Trinajstić information content (AvgIpc) is 2.90. The Morgan fingerprint density at radius 1 is 1.63 bits per heavy atom. The van der Waals surface area contributed by atoms with Crippen LogP contribution in [0.15, 0.2) is 17.5 Å². The van der Waals surface area contributed by atoms with Crippen molar-refractivity contribution in [1.29, 1.82) is 0 Å². The van der Waals surface area contributed by atoms with E-state index in [0.29, 0.717) is 18.0 Å². The number of hydrogen-bond donors (Lipinski definition) is 3. The Hall–Kier alpha value is -1.44. The molecule has 0 spiro atoms. The van der Waals surface area contributed by atoms with E-state index in [4.69, 9.17) is 9.84 Å². The molecule has 0 aliphatic carbocycles. The maximum absolute atomic E-state index is 11.8. The molecule has 2 atom stereocenters. The molecule has 1 aromatic rings. The first kappa shape index (κ1) is 14.0. The number of carboxylic acids is 1. The molecule has 0 saturated carbocycles. The summed E-state index contributed by atoms with van der Waals surface area (Å²) in [6.07, 6.45) is -0.0196. The largest absolute Gasteiger partial charge is 0.479 e. The maximum atomic E-state index is 11.8. The van der Waals surface area contributed by atoms with E-state index in [1.807, 2.05) is 0 Å². The zero-order valence-electron chi connectivity index (χ0n) is 10.3. The highest BCUT2D eigenvalue weighted by Gasteiger charge is 2.25. The molecule has 0 radical (unpaired) electrons. The van der Waals surface area contributed by atoms with E-state index < -0.39 is 12.0 Å². The summed E-state index contributed by atoms with van der Waals surface area (Å²) in [5, 5.41) is 16.6. The van der Waals surface area contributed by atoms with Crippen molar-refractivity contribution >= 4 is 23.2 Å². The molecular formula is C12H16N2O4S. The van der Waals surface area contributed by atoms with Gasteiger partial charge in [-0.15, -0.1) is 11.3 Å². The van der Waals surface area contributed by atoms with Gasteiger partial charge in [-0.05, 0) is 11.4 Å². The number of aliphatic carboxylic acids is 1. The number of carbonyl (C=O) groups excluding carboxylic acids is 1. The molecule has 6 nitrogen and oxygen atoms in total. The Morgan fingerprint density at radius 3 is 3.05 bits per heavy atom. The average molecular weight is 284 g/mol. The van der Waals surface area contributed by atoms with E-state index in [1.165, 1.54) is 11.3 Å². The van der Waals surface area contributed by atoms with Crippen LogP contribution in [-0.2, 0) is 14.3 Å². The molecule has 2 unspecified atom stereocenters. The van der Waals surface area contributed by atoms with Gasteiger partial charge in [-0.3, -0.25) is 4.79 Å². The number of morpholine rings is 1. The lowest BCUT2D eigenvalue weighted by Gasteiger charge is -2.23. The van der Waals surface area contributed by atoms with Crippen LogP contribution in [0.5, 0.6) is 0 Å². The molecule has 2 heterocycles. The molecule has 2 rings (SSSR count). The number of nitrogens with one attached hydrogen (secondary N) is 2. The number of thiophene rings is 1. The van der Waals surface area contributed by atoms with Gasteiger partial charge in [0.05, 0.1) is 19.1 Å². The second-order valence-electron chi connectivity index (χ2n) is 4.26. The Kier molecular flexibility index (Phi) is 4.89. The van der Waals surface area contributed by atoms with Crippen LogP contribution in [-0.4, -0.2) is 42.8 Å². The predicted octanol–water partition coefficient (Wildman–Crippen LogP) is 0.369. The van der Waals surface area contributed by atoms with Gasteiger partial charge in [0.15, 0.2) is 6.04 Å². The van der Waals surface area contributed by atoms with Gasteiger partial charge in [0, 0.05) is 18.0 Å². The topological polar surface area (TPSA) is 87.7 Å². The van der Waals surface area contributed by atoms with Crippen molar-refractivity contribution in [2.24, 2.45) is 0 Å². The van der Waals surface area contributed by atoms with E-state index in [9.17, 15) is 9.59 Å². The van der Waals surface area contributed by atoms with Crippen LogP contribution in [0.4, 0.5) is 0 Å². The third-order valence-electron chi connectivity index (χ3n) is 2.80. The molecule has 1 aromatic heterocycles. The lowest BCUT2D eigenvalue weighted by molar-refractivity contribution is -0.142. The Balaban J connectivity index is 1.90. The van der Waals surface area contributed by atoms with Gasteiger partial charge in [-0.1, -0.05) is 6.07 Å². The van der Waals surface area contributed by atoms with Gasteiger partial charge in [0.2, 0.25) is 5.91 Å². The Labute approximate surface area is 114 Å². The third kappa shape index (κ3) is 4.02. The van der Waals surface area contributed by atoms with Crippen LogP contribution in [0.2, 0.25) is 0 Å². The summed E-state index contributed by atoms with van der Waals surface area (Å²) >= 11 is 1.31. The molecule has 1 aliphatic heterocycles. The van der Waals surface area contributed by atoms with E-state index in [-0.39, 0.29) is 18.4 Å². The zero-order chi connectivity index (χ0) is 13.7. The first-order valence-corrected chi connectivity index (χ1v) is 6.92. The highest BCUT2D eigenvalue weighted by molar-refractivity contribution is 7.10. The maximum Gasteiger partial charge on any atom is 0.331 e. The van der Waals surface area contributed by atoms with E-state index >= 15 is 0 Å². The van der Waals surface area contributed by atoms with Crippen LogP contribution in [0, 0.1) is 0 Å². The van der Waals surface area contributed by atoms with E-state index in [0.717, 1.165) is 6.54 Å². The standard InChI is InChI=1S/C12H16N2O4S/c15-10(6-8-7-13-3-4-18-8)14-11(12(16)17)9-2-1-5-19-9/h1-2,5,8,11,13H,3-4,6-7H2,(H,14,15)(H,16,17). The highest BCUT2D eigenvalue weighted by Crippen LogP contribution is 2.19. The fourth-order valence-corrected chi connectivity index (χ4v) is 2.65. The first-order chi connectivity index (χ1) is 9.16. The van der Waals surface area contributed by atoms with Gasteiger partial charge in [0.1, 0.15) is 0 Å². The number of hydrogen-bond acceptors (Lipinski definition) is 5. The van der Waals surface area contributed by atoms with Crippen LogP contribution >= 0.6 is 11.3 Å². The van der Waals surface area contributed by atoms with Crippen molar-refractivity contribution in [1.82, 2.24) is 10.6 Å². The lowest BCUT2D eigenvalue weighted by Crippen LogP contribution is -2.42. The second kappa shape index (κ2) is 6.65. The molecule has 1 aliphatic rings. The summed E-state index contributed by atoms with van der Waals surface area (Å²) in [4.78, 5) is 23.6. The van der Waals surface area contributed by atoms with Crippen molar-refractivity contribution in [3.05, 3.63) is 22.4 Å². The van der Waals surface area contributed by atoms with E-state index in [2.05, 4.69) is 10.6 Å². The SMILES string of the molecule is O=C(CC1CNCCO1)NC(C(=O)O)c1cccs1. The summed E-state index contributed by atoms with van der Waals surface area (Å²) in [5.41, 5.74) is 0. The summed E-state index contributed by atoms with van der Waals surface area (Å²) < 4.78 is 5.41. The molecule has 104 valence electrons. The summed E-state index contributed by atoms with van der Waals surface area (Å²) in [6.45, 7) is 1.97. The molecule has 7 heteroatoms. The Bertz CT molecular complexity index is 429. The molecule has 0 bridgehead atoms. The molecule has 1 saturated heterocycles. The number of carboxylic acid groups (broad SMARTS) is 1. The minimum atomic E-state index is -1.06. The molecular weight excluding hydrogens is 268 g/mol. The first-order valence-electron chi connectivity index (χ1n) is 6.04. The lowest BCUT2D eigenvalue weighted by atomic mass is 10.2. The molecule has 1 amide bonds. The predicted molar refractivity (Wildman–Crippen MR) is 70.1 cm³/mol. The fourth-order valence-electron chi connectivity index (χ4n) is 1.89. The van der Waals surface area contributed by atoms with Crippen LogP contribution in [0.1, 0.15) is 17.3 Å². The van der Waals surface area contributed by atoms with Crippen LogP contribution < -0.4 is 10.6 Å². The summed E-state index contributed by atoms with van der Waals surface area (Å²) in [6, 6.07) is 2.47. The number of rotatable bonds is 5. The minimum absolute atomic E-state index is 0.169. The smallest absolute Gasteiger partial charge is 0.331 e. The molecule has 19 heavy (non-hydrogen) atoms. The number of ether oxygens (including phenoxy) is 1. The van der Waals surface area contributed by atoms with Gasteiger partial charge in [-0.2, -0.15) is 0 Å². The Morgan fingerprint density at radius 2 is 2.47 bits per heavy atom. The van der Waals surface area contributed by atoms with Crippen molar-refractivity contribution < 1.29 is 19.4 Å². The molecule has 3 N–H and O–H groups in total. The number of carbonyl (C=O) groups is 2. The van der Waals surface area contributed by atoms with Crippen molar-refractivity contribution in [3.63, 3.8) is 0 Å². The summed E-state index contributed by atoms with van der Waals surface area (Å²) in [7, 11) is 0. The molecule has 1 fully saturated rings. The van der Waals surface area contributed by atoms with Gasteiger partial charge in [0.25, 0.3) is 0 Å². The number of amides is 1. The quantitative estimate of drug-likeness (QED) is 0.727.